The number of likely N-dealkylation sites (N-methyl/N-ethyl adjacent to an activating group) is 1. The molecule has 6 heteroatoms. The van der Waals surface area contributed by atoms with E-state index in [1.54, 1.807) is 23.4 Å². The van der Waals surface area contributed by atoms with Crippen LogP contribution in [0.25, 0.3) is 0 Å². The molecule has 1 aromatic heterocycles. The van der Waals surface area contributed by atoms with Gasteiger partial charge in [-0.25, -0.2) is 0 Å². The summed E-state index contributed by atoms with van der Waals surface area (Å²) in [6, 6.07) is 1.67. The molecule has 1 aliphatic heterocycles. The highest BCUT2D eigenvalue weighted by Gasteiger charge is 2.28. The standard InChI is InChI=1S/C11H15N3O2S/c1-14-3-2-9(11(14)16)13-5-8-4-7(6-17-8)10(12)15/h4,6,9,13H,2-3,5H2,1H3,(H2,12,15). The van der Waals surface area contributed by atoms with Crippen molar-refractivity contribution in [3.63, 3.8) is 0 Å². The third-order valence-corrected chi connectivity index (χ3v) is 3.83. The van der Waals surface area contributed by atoms with E-state index in [0.717, 1.165) is 17.8 Å². The number of thiophene rings is 1. The Hall–Kier alpha value is -1.40. The maximum atomic E-state index is 11.6. The molecule has 92 valence electrons. The molecule has 0 radical (unpaired) electrons. The number of primary amides is 1. The van der Waals surface area contributed by atoms with E-state index in [9.17, 15) is 9.59 Å². The van der Waals surface area contributed by atoms with Crippen LogP contribution in [-0.2, 0) is 11.3 Å². The second kappa shape index (κ2) is 4.85. The number of likely N-dealkylation sites (tertiary alicyclic amines) is 1. The molecule has 1 atom stereocenters. The van der Waals surface area contributed by atoms with Crippen LogP contribution in [0.1, 0.15) is 21.7 Å². The van der Waals surface area contributed by atoms with E-state index in [-0.39, 0.29) is 11.9 Å². The summed E-state index contributed by atoms with van der Waals surface area (Å²) in [5, 5.41) is 4.94. The van der Waals surface area contributed by atoms with Gasteiger partial charge >= 0.3 is 0 Å². The van der Waals surface area contributed by atoms with Crippen molar-refractivity contribution in [2.24, 2.45) is 5.73 Å². The lowest BCUT2D eigenvalue weighted by molar-refractivity contribution is -0.128. The van der Waals surface area contributed by atoms with Crippen LogP contribution in [0.15, 0.2) is 11.4 Å². The van der Waals surface area contributed by atoms with Crippen LogP contribution in [0.5, 0.6) is 0 Å². The summed E-state index contributed by atoms with van der Waals surface area (Å²) in [7, 11) is 1.81. The van der Waals surface area contributed by atoms with Crippen LogP contribution in [-0.4, -0.2) is 36.3 Å². The number of hydrogen-bond donors (Lipinski definition) is 2. The maximum absolute atomic E-state index is 11.6. The predicted molar refractivity (Wildman–Crippen MR) is 65.7 cm³/mol. The zero-order valence-electron chi connectivity index (χ0n) is 9.60. The Bertz CT molecular complexity index is 444. The lowest BCUT2D eigenvalue weighted by atomic mass is 10.2. The van der Waals surface area contributed by atoms with Crippen LogP contribution >= 0.6 is 11.3 Å². The quantitative estimate of drug-likeness (QED) is 0.803. The average Bonchev–Trinajstić information content (AvgIpc) is 2.86. The number of rotatable bonds is 4. The normalized spacial score (nSPS) is 19.9. The minimum Gasteiger partial charge on any atom is -0.366 e. The fraction of sp³-hybridized carbons (Fsp3) is 0.455. The van der Waals surface area contributed by atoms with E-state index < -0.39 is 5.91 Å². The number of carbonyl (C=O) groups excluding carboxylic acids is 2. The zero-order valence-corrected chi connectivity index (χ0v) is 10.4. The van der Waals surface area contributed by atoms with Gasteiger partial charge in [0, 0.05) is 30.4 Å². The Morgan fingerprint density at radius 1 is 1.71 bits per heavy atom. The average molecular weight is 253 g/mol. The molecule has 0 aromatic carbocycles. The lowest BCUT2D eigenvalue weighted by Crippen LogP contribution is -2.36. The van der Waals surface area contributed by atoms with Gasteiger partial charge < -0.3 is 16.0 Å². The Kier molecular flexibility index (Phi) is 3.44. The molecule has 0 spiro atoms. The van der Waals surface area contributed by atoms with Crippen LogP contribution in [0.4, 0.5) is 0 Å². The summed E-state index contributed by atoms with van der Waals surface area (Å²) >= 11 is 1.48. The van der Waals surface area contributed by atoms with Gasteiger partial charge in [-0.3, -0.25) is 9.59 Å². The molecule has 2 amide bonds. The van der Waals surface area contributed by atoms with Crippen LogP contribution < -0.4 is 11.1 Å². The third-order valence-electron chi connectivity index (χ3n) is 2.89. The molecule has 0 saturated carbocycles. The molecule has 2 heterocycles. The molecule has 1 unspecified atom stereocenters. The Morgan fingerprint density at radius 2 is 2.47 bits per heavy atom. The van der Waals surface area contributed by atoms with E-state index in [1.165, 1.54) is 11.3 Å². The minimum atomic E-state index is -0.413. The monoisotopic (exact) mass is 253 g/mol. The second-order valence-electron chi connectivity index (χ2n) is 4.15. The topological polar surface area (TPSA) is 75.4 Å². The van der Waals surface area contributed by atoms with Crippen molar-refractivity contribution in [2.75, 3.05) is 13.6 Å². The van der Waals surface area contributed by atoms with Gasteiger partial charge in [-0.05, 0) is 12.5 Å². The SMILES string of the molecule is CN1CCC(NCc2cc(C(N)=O)cs2)C1=O. The molecule has 1 aromatic rings. The second-order valence-corrected chi connectivity index (χ2v) is 5.14. The summed E-state index contributed by atoms with van der Waals surface area (Å²) in [6.45, 7) is 1.40. The van der Waals surface area contributed by atoms with Gasteiger partial charge in [-0.1, -0.05) is 0 Å². The molecular formula is C11H15N3O2S. The van der Waals surface area contributed by atoms with E-state index in [2.05, 4.69) is 5.32 Å². The zero-order chi connectivity index (χ0) is 12.4. The van der Waals surface area contributed by atoms with Gasteiger partial charge in [0.25, 0.3) is 0 Å². The Labute approximate surface area is 104 Å². The predicted octanol–water partition coefficient (Wildman–Crippen LogP) is 0.167. The van der Waals surface area contributed by atoms with Crippen molar-refractivity contribution >= 4 is 23.2 Å². The van der Waals surface area contributed by atoms with E-state index in [4.69, 9.17) is 5.73 Å². The number of hydrogen-bond acceptors (Lipinski definition) is 4. The number of amides is 2. The van der Waals surface area contributed by atoms with Crippen molar-refractivity contribution in [2.45, 2.75) is 19.0 Å². The third kappa shape index (κ3) is 2.65. The van der Waals surface area contributed by atoms with Crippen LogP contribution in [0.3, 0.4) is 0 Å². The van der Waals surface area contributed by atoms with Gasteiger partial charge in [0.1, 0.15) is 0 Å². The first-order valence-electron chi connectivity index (χ1n) is 5.43. The number of nitrogens with one attached hydrogen (secondary N) is 1. The summed E-state index contributed by atoms with van der Waals surface area (Å²) in [5.74, 6) is -0.277. The number of nitrogens with zero attached hydrogens (tertiary/aromatic N) is 1. The smallest absolute Gasteiger partial charge is 0.249 e. The fourth-order valence-electron chi connectivity index (χ4n) is 1.84. The molecule has 5 nitrogen and oxygen atoms in total. The maximum Gasteiger partial charge on any atom is 0.249 e. The fourth-order valence-corrected chi connectivity index (χ4v) is 2.66. The summed E-state index contributed by atoms with van der Waals surface area (Å²) in [6.07, 6.45) is 0.837. The first kappa shape index (κ1) is 12.1. The molecular weight excluding hydrogens is 238 g/mol. The van der Waals surface area contributed by atoms with Crippen molar-refractivity contribution in [3.05, 3.63) is 21.9 Å². The molecule has 0 bridgehead atoms. The van der Waals surface area contributed by atoms with Gasteiger partial charge in [-0.15, -0.1) is 11.3 Å². The summed E-state index contributed by atoms with van der Waals surface area (Å²) < 4.78 is 0. The highest BCUT2D eigenvalue weighted by Crippen LogP contribution is 2.15. The molecule has 3 N–H and O–H groups in total. The van der Waals surface area contributed by atoms with E-state index in [1.807, 2.05) is 0 Å². The highest BCUT2D eigenvalue weighted by atomic mass is 32.1. The molecule has 0 aliphatic carbocycles. The molecule has 1 saturated heterocycles. The Morgan fingerprint density at radius 3 is 3.00 bits per heavy atom. The molecule has 17 heavy (non-hydrogen) atoms. The van der Waals surface area contributed by atoms with E-state index >= 15 is 0 Å². The number of nitrogens with two attached hydrogens (primary N) is 1. The van der Waals surface area contributed by atoms with Crippen LogP contribution in [0, 0.1) is 0 Å². The van der Waals surface area contributed by atoms with Crippen molar-refractivity contribution in [3.8, 4) is 0 Å². The van der Waals surface area contributed by atoms with Crippen molar-refractivity contribution in [1.82, 2.24) is 10.2 Å². The molecule has 1 aliphatic rings. The summed E-state index contributed by atoms with van der Waals surface area (Å²) in [5.41, 5.74) is 5.70. The highest BCUT2D eigenvalue weighted by molar-refractivity contribution is 7.10. The number of carbonyl (C=O) groups is 2. The van der Waals surface area contributed by atoms with Crippen LogP contribution in [0.2, 0.25) is 0 Å². The Balaban J connectivity index is 1.89. The van der Waals surface area contributed by atoms with Gasteiger partial charge in [0.2, 0.25) is 11.8 Å². The largest absolute Gasteiger partial charge is 0.366 e. The van der Waals surface area contributed by atoms with Crippen molar-refractivity contribution in [1.29, 1.82) is 0 Å². The summed E-state index contributed by atoms with van der Waals surface area (Å²) in [4.78, 5) is 25.3. The molecule has 2 rings (SSSR count). The van der Waals surface area contributed by atoms with Gasteiger partial charge in [0.15, 0.2) is 0 Å². The van der Waals surface area contributed by atoms with Gasteiger partial charge in [0.05, 0.1) is 11.6 Å². The first-order chi connectivity index (χ1) is 8.08. The lowest BCUT2D eigenvalue weighted by Gasteiger charge is -2.11. The first-order valence-corrected chi connectivity index (χ1v) is 6.31. The molecule has 1 fully saturated rings. The van der Waals surface area contributed by atoms with Crippen molar-refractivity contribution < 1.29 is 9.59 Å². The minimum absolute atomic E-state index is 0.0980. The van der Waals surface area contributed by atoms with E-state index in [0.29, 0.717) is 12.1 Å². The van der Waals surface area contributed by atoms with Gasteiger partial charge in [-0.2, -0.15) is 0 Å².